The number of amides is 1. The van der Waals surface area contributed by atoms with E-state index in [1.54, 1.807) is 30.8 Å². The fraction of sp³-hybridized carbons (Fsp3) is 0.241. The third-order valence-electron chi connectivity index (χ3n) is 6.95. The SMILES string of the molecule is CN(C)c1ccc(C(=O)N2CCC[C@@H](Nc3nccc(-c4c(-c5ccc(F)cc5)nc5occn45)n3)C2)cc1. The largest absolute Gasteiger partial charge is 0.432 e. The molecule has 4 heterocycles. The van der Waals surface area contributed by atoms with Gasteiger partial charge in [-0.05, 0) is 67.4 Å². The van der Waals surface area contributed by atoms with Gasteiger partial charge in [-0.3, -0.25) is 9.20 Å². The summed E-state index contributed by atoms with van der Waals surface area (Å²) in [5.41, 5.74) is 4.47. The minimum absolute atomic E-state index is 0.00921. The van der Waals surface area contributed by atoms with E-state index in [1.165, 1.54) is 12.1 Å². The molecule has 1 fully saturated rings. The number of likely N-dealkylation sites (tertiary alicyclic amines) is 1. The van der Waals surface area contributed by atoms with E-state index in [2.05, 4.69) is 15.3 Å². The number of oxazole rings is 1. The number of carbonyl (C=O) groups excluding carboxylic acids is 1. The second-order valence-electron chi connectivity index (χ2n) is 9.81. The number of nitrogens with one attached hydrogen (secondary N) is 1. The lowest BCUT2D eigenvalue weighted by atomic mass is 10.0. The van der Waals surface area contributed by atoms with Crippen molar-refractivity contribution in [3.05, 3.63) is 84.6 Å². The molecule has 1 N–H and O–H groups in total. The third kappa shape index (κ3) is 4.93. The van der Waals surface area contributed by atoms with E-state index < -0.39 is 0 Å². The van der Waals surface area contributed by atoms with Crippen molar-refractivity contribution in [1.82, 2.24) is 24.3 Å². The van der Waals surface area contributed by atoms with E-state index in [9.17, 15) is 9.18 Å². The van der Waals surface area contributed by atoms with Gasteiger partial charge in [-0.15, -0.1) is 0 Å². The van der Waals surface area contributed by atoms with Crippen LogP contribution in [-0.4, -0.2) is 63.4 Å². The highest BCUT2D eigenvalue weighted by atomic mass is 19.1. The molecule has 39 heavy (non-hydrogen) atoms. The number of benzene rings is 2. The number of carbonyl (C=O) groups is 1. The van der Waals surface area contributed by atoms with E-state index in [0.29, 0.717) is 41.8 Å². The summed E-state index contributed by atoms with van der Waals surface area (Å²) >= 11 is 0. The van der Waals surface area contributed by atoms with Crippen molar-refractivity contribution >= 4 is 23.4 Å². The van der Waals surface area contributed by atoms with Crippen LogP contribution in [0, 0.1) is 5.82 Å². The molecule has 6 rings (SSSR count). The number of imidazole rings is 1. The van der Waals surface area contributed by atoms with Crippen LogP contribution in [0.3, 0.4) is 0 Å². The molecule has 0 aliphatic carbocycles. The van der Waals surface area contributed by atoms with Gasteiger partial charge in [0, 0.05) is 62.4 Å². The molecule has 1 saturated heterocycles. The summed E-state index contributed by atoms with van der Waals surface area (Å²) in [5, 5.41) is 3.43. The van der Waals surface area contributed by atoms with Gasteiger partial charge >= 0.3 is 5.84 Å². The Bertz CT molecular complexity index is 1610. The average Bonchev–Trinajstić information content (AvgIpc) is 3.55. The predicted molar refractivity (Wildman–Crippen MR) is 147 cm³/mol. The van der Waals surface area contributed by atoms with Crippen LogP contribution in [0.1, 0.15) is 23.2 Å². The van der Waals surface area contributed by atoms with Crippen LogP contribution >= 0.6 is 0 Å². The summed E-state index contributed by atoms with van der Waals surface area (Å²) in [7, 11) is 3.95. The molecule has 0 unspecified atom stereocenters. The van der Waals surface area contributed by atoms with Crippen molar-refractivity contribution < 1.29 is 13.6 Å². The maximum absolute atomic E-state index is 13.6. The molecule has 0 bridgehead atoms. The van der Waals surface area contributed by atoms with E-state index in [4.69, 9.17) is 9.40 Å². The van der Waals surface area contributed by atoms with Crippen LogP contribution in [0.2, 0.25) is 0 Å². The highest BCUT2D eigenvalue weighted by Gasteiger charge is 2.26. The van der Waals surface area contributed by atoms with Crippen LogP contribution in [0.25, 0.3) is 28.5 Å². The maximum atomic E-state index is 13.6. The van der Waals surface area contributed by atoms with Crippen molar-refractivity contribution in [2.24, 2.45) is 0 Å². The van der Waals surface area contributed by atoms with Gasteiger partial charge in [-0.25, -0.2) is 14.4 Å². The summed E-state index contributed by atoms with van der Waals surface area (Å²) in [6, 6.07) is 15.7. The van der Waals surface area contributed by atoms with Gasteiger partial charge in [-0.2, -0.15) is 4.98 Å². The molecule has 9 nitrogen and oxygen atoms in total. The fourth-order valence-corrected chi connectivity index (χ4v) is 4.95. The van der Waals surface area contributed by atoms with E-state index in [-0.39, 0.29) is 17.8 Å². The third-order valence-corrected chi connectivity index (χ3v) is 6.95. The Kier molecular flexibility index (Phi) is 6.44. The highest BCUT2D eigenvalue weighted by Crippen LogP contribution is 2.32. The van der Waals surface area contributed by atoms with Crippen molar-refractivity contribution in [2.45, 2.75) is 18.9 Å². The van der Waals surface area contributed by atoms with Gasteiger partial charge < -0.3 is 19.5 Å². The molecule has 3 aromatic heterocycles. The molecule has 0 saturated carbocycles. The van der Waals surface area contributed by atoms with Gasteiger partial charge in [0.1, 0.15) is 23.5 Å². The Morgan fingerprint density at radius 1 is 1.08 bits per heavy atom. The molecular weight excluding hydrogens is 497 g/mol. The monoisotopic (exact) mass is 525 g/mol. The number of hydrogen-bond acceptors (Lipinski definition) is 7. The number of piperidine rings is 1. The standard InChI is InChI=1S/C29H28FN7O2/c1-35(2)23-11-7-20(8-12-23)27(38)36-15-3-4-22(18-36)32-28-31-14-13-24(33-28)26-25(19-5-9-21(30)10-6-19)34-29-37(26)16-17-39-29/h5-14,16-17,22H,3-4,15,18H2,1-2H3,(H,31,32,33)/t22-/m1/s1. The minimum Gasteiger partial charge on any atom is -0.432 e. The maximum Gasteiger partial charge on any atom is 0.306 e. The zero-order valence-electron chi connectivity index (χ0n) is 21.7. The molecule has 1 atom stereocenters. The van der Waals surface area contributed by atoms with Crippen LogP contribution in [0.5, 0.6) is 0 Å². The molecule has 0 radical (unpaired) electrons. The van der Waals surface area contributed by atoms with Crippen LogP contribution in [0.15, 0.2) is 77.7 Å². The number of anilines is 2. The van der Waals surface area contributed by atoms with Gasteiger partial charge in [0.2, 0.25) is 5.95 Å². The number of rotatable bonds is 6. The van der Waals surface area contributed by atoms with E-state index in [1.807, 2.05) is 58.6 Å². The first-order chi connectivity index (χ1) is 19.0. The van der Waals surface area contributed by atoms with E-state index >= 15 is 0 Å². The minimum atomic E-state index is -0.317. The zero-order chi connectivity index (χ0) is 26.9. The van der Waals surface area contributed by atoms with Crippen LogP contribution < -0.4 is 10.2 Å². The lowest BCUT2D eigenvalue weighted by Gasteiger charge is -2.33. The molecule has 198 valence electrons. The van der Waals surface area contributed by atoms with Crippen molar-refractivity contribution in [3.63, 3.8) is 0 Å². The number of aromatic nitrogens is 4. The molecular formula is C29H28FN7O2. The number of halogens is 1. The van der Waals surface area contributed by atoms with E-state index in [0.717, 1.165) is 29.8 Å². The first-order valence-corrected chi connectivity index (χ1v) is 12.8. The van der Waals surface area contributed by atoms with Crippen LogP contribution in [0.4, 0.5) is 16.0 Å². The fourth-order valence-electron chi connectivity index (χ4n) is 4.95. The van der Waals surface area contributed by atoms with Crippen molar-refractivity contribution in [2.75, 3.05) is 37.4 Å². The lowest BCUT2D eigenvalue weighted by molar-refractivity contribution is 0.0714. The molecule has 1 amide bonds. The summed E-state index contributed by atoms with van der Waals surface area (Å²) in [4.78, 5) is 30.9. The Morgan fingerprint density at radius 2 is 1.87 bits per heavy atom. The molecule has 1 aliphatic heterocycles. The topological polar surface area (TPSA) is 91.8 Å². The second-order valence-corrected chi connectivity index (χ2v) is 9.81. The summed E-state index contributed by atoms with van der Waals surface area (Å²) in [6.07, 6.45) is 6.80. The van der Waals surface area contributed by atoms with Gasteiger partial charge in [0.25, 0.3) is 5.91 Å². The van der Waals surface area contributed by atoms with Gasteiger partial charge in [0.15, 0.2) is 0 Å². The lowest BCUT2D eigenvalue weighted by Crippen LogP contribution is -2.45. The van der Waals surface area contributed by atoms with Crippen molar-refractivity contribution in [3.8, 4) is 22.6 Å². The normalized spacial score (nSPS) is 15.5. The summed E-state index contributed by atoms with van der Waals surface area (Å²) in [6.45, 7) is 1.27. The summed E-state index contributed by atoms with van der Waals surface area (Å²) in [5.74, 6) is 0.581. The average molecular weight is 526 g/mol. The Morgan fingerprint density at radius 3 is 2.64 bits per heavy atom. The van der Waals surface area contributed by atoms with Gasteiger partial charge in [-0.1, -0.05) is 0 Å². The first-order valence-electron chi connectivity index (χ1n) is 12.8. The predicted octanol–water partition coefficient (Wildman–Crippen LogP) is 4.97. The number of hydrogen-bond donors (Lipinski definition) is 1. The zero-order valence-corrected chi connectivity index (χ0v) is 21.7. The first kappa shape index (κ1) is 24.6. The number of fused-ring (bicyclic) bond motifs is 1. The Balaban J connectivity index is 1.23. The smallest absolute Gasteiger partial charge is 0.306 e. The van der Waals surface area contributed by atoms with Crippen molar-refractivity contribution in [1.29, 1.82) is 0 Å². The second kappa shape index (κ2) is 10.2. The molecule has 5 aromatic rings. The van der Waals surface area contributed by atoms with Crippen LogP contribution in [-0.2, 0) is 0 Å². The molecule has 10 heteroatoms. The quantitative estimate of drug-likeness (QED) is 0.335. The molecule has 1 aliphatic rings. The Labute approximate surface area is 224 Å². The Hall–Kier alpha value is -4.73. The van der Waals surface area contributed by atoms with Gasteiger partial charge in [0.05, 0.1) is 5.69 Å². The molecule has 0 spiro atoms. The highest BCUT2D eigenvalue weighted by molar-refractivity contribution is 5.94. The summed E-state index contributed by atoms with van der Waals surface area (Å²) < 4.78 is 20.9. The number of nitrogens with zero attached hydrogens (tertiary/aromatic N) is 6. The molecule has 2 aromatic carbocycles.